The Morgan fingerprint density at radius 1 is 0.963 bits per heavy atom. The molecule has 0 radical (unpaired) electrons. The Morgan fingerprint density at radius 2 is 1.59 bits per heavy atom. The summed E-state index contributed by atoms with van der Waals surface area (Å²) in [6, 6.07) is 13.4. The van der Waals surface area contributed by atoms with Gasteiger partial charge in [-0.2, -0.15) is 0 Å². The van der Waals surface area contributed by atoms with Gasteiger partial charge < -0.3 is 10.5 Å². The van der Waals surface area contributed by atoms with Gasteiger partial charge in [0.05, 0.1) is 6.42 Å². The van der Waals surface area contributed by atoms with Crippen LogP contribution in [0.5, 0.6) is 0 Å². The van der Waals surface area contributed by atoms with Gasteiger partial charge in [0.1, 0.15) is 0 Å². The van der Waals surface area contributed by atoms with Gasteiger partial charge in [0.15, 0.2) is 5.78 Å². The van der Waals surface area contributed by atoms with E-state index < -0.39 is 24.0 Å². The lowest BCUT2D eigenvalue weighted by atomic mass is 10.1. The van der Waals surface area contributed by atoms with Crippen LogP contribution in [0.1, 0.15) is 34.9 Å². The van der Waals surface area contributed by atoms with E-state index in [1.54, 1.807) is 54.6 Å². The average molecular weight is 389 g/mol. The summed E-state index contributed by atoms with van der Waals surface area (Å²) in [5.41, 5.74) is 5.73. The number of rotatable bonds is 7. The van der Waals surface area contributed by atoms with E-state index in [0.29, 0.717) is 16.1 Å². The molecular formula is C19H17ClN2O5. The molecule has 7 nitrogen and oxygen atoms in total. The van der Waals surface area contributed by atoms with Gasteiger partial charge in [0.25, 0.3) is 5.91 Å². The summed E-state index contributed by atoms with van der Waals surface area (Å²) >= 11 is 5.77. The van der Waals surface area contributed by atoms with E-state index in [1.807, 2.05) is 5.32 Å². The van der Waals surface area contributed by atoms with E-state index >= 15 is 0 Å². The molecule has 0 unspecified atom stereocenters. The average Bonchev–Trinajstić information content (AvgIpc) is 2.64. The number of nitrogens with two attached hydrogens (primary N) is 1. The standard InChI is InChI=1S/C19H17ClN2O5/c20-14-8-6-12(7-9-14)15(23)10-11-16(24)27-17(18(25)22-19(21)26)13-4-2-1-3-5-13/h1-9,17H,10-11H2,(H3,21,22,25,26)/t17-/m1/s1. The molecule has 0 aliphatic rings. The molecule has 2 aromatic rings. The minimum atomic E-state index is -1.35. The molecule has 0 spiro atoms. The third-order valence-corrected chi connectivity index (χ3v) is 3.81. The molecule has 3 amide bonds. The SMILES string of the molecule is NC(=O)NC(=O)[C@H](OC(=O)CCC(=O)c1ccc(Cl)cc1)c1ccccc1. The molecule has 140 valence electrons. The molecule has 2 aromatic carbocycles. The van der Waals surface area contributed by atoms with Crippen molar-refractivity contribution in [3.8, 4) is 0 Å². The quantitative estimate of drug-likeness (QED) is 0.559. The van der Waals surface area contributed by atoms with Crippen LogP contribution in [-0.4, -0.2) is 23.7 Å². The highest BCUT2D eigenvalue weighted by Crippen LogP contribution is 2.19. The Labute approximate surface area is 160 Å². The minimum absolute atomic E-state index is 0.0978. The molecule has 2 rings (SSSR count). The Bertz CT molecular complexity index is 837. The van der Waals surface area contributed by atoms with Gasteiger partial charge >= 0.3 is 12.0 Å². The van der Waals surface area contributed by atoms with Gasteiger partial charge in [0, 0.05) is 22.6 Å². The van der Waals surface area contributed by atoms with Crippen molar-refractivity contribution in [1.82, 2.24) is 5.32 Å². The predicted octanol–water partition coefficient (Wildman–Crippen LogP) is 2.78. The lowest BCUT2D eigenvalue weighted by Gasteiger charge is -2.17. The number of ether oxygens (including phenoxy) is 1. The zero-order valence-electron chi connectivity index (χ0n) is 14.2. The number of benzene rings is 2. The van der Waals surface area contributed by atoms with Gasteiger partial charge in [-0.25, -0.2) is 4.79 Å². The van der Waals surface area contributed by atoms with Gasteiger partial charge in [-0.05, 0) is 24.3 Å². The molecule has 0 saturated carbocycles. The summed E-state index contributed by atoms with van der Waals surface area (Å²) in [5, 5.41) is 2.38. The second-order valence-electron chi connectivity index (χ2n) is 5.56. The van der Waals surface area contributed by atoms with Gasteiger partial charge in [0.2, 0.25) is 6.10 Å². The molecule has 0 aliphatic carbocycles. The highest BCUT2D eigenvalue weighted by molar-refractivity contribution is 6.30. The number of amides is 3. The van der Waals surface area contributed by atoms with Crippen LogP contribution in [0, 0.1) is 0 Å². The van der Waals surface area contributed by atoms with Crippen LogP contribution >= 0.6 is 11.6 Å². The molecule has 0 aliphatic heterocycles. The van der Waals surface area contributed by atoms with Gasteiger partial charge in [-0.1, -0.05) is 41.9 Å². The number of carbonyl (C=O) groups excluding carboxylic acids is 4. The first kappa shape index (κ1) is 20.1. The van der Waals surface area contributed by atoms with Crippen molar-refractivity contribution in [1.29, 1.82) is 0 Å². The van der Waals surface area contributed by atoms with Crippen LogP contribution in [0.2, 0.25) is 5.02 Å². The van der Waals surface area contributed by atoms with Crippen LogP contribution in [0.15, 0.2) is 54.6 Å². The molecule has 0 aromatic heterocycles. The number of hydrogen-bond donors (Lipinski definition) is 2. The van der Waals surface area contributed by atoms with E-state index in [0.717, 1.165) is 0 Å². The van der Waals surface area contributed by atoms with Crippen molar-refractivity contribution in [3.05, 3.63) is 70.7 Å². The fraction of sp³-hybridized carbons (Fsp3) is 0.158. The second-order valence-corrected chi connectivity index (χ2v) is 6.00. The maximum Gasteiger partial charge on any atom is 0.318 e. The number of urea groups is 1. The topological polar surface area (TPSA) is 116 Å². The highest BCUT2D eigenvalue weighted by Gasteiger charge is 2.26. The number of esters is 1. The van der Waals surface area contributed by atoms with E-state index in [1.165, 1.54) is 0 Å². The Morgan fingerprint density at radius 3 is 2.19 bits per heavy atom. The maximum atomic E-state index is 12.1. The summed E-state index contributed by atoms with van der Waals surface area (Å²) in [4.78, 5) is 47.3. The molecule has 0 saturated heterocycles. The largest absolute Gasteiger partial charge is 0.447 e. The Balaban J connectivity index is 2.00. The second kappa shape index (κ2) is 9.49. The Kier molecular flexibility index (Phi) is 7.08. The van der Waals surface area contributed by atoms with E-state index in [4.69, 9.17) is 22.1 Å². The van der Waals surface area contributed by atoms with Crippen molar-refractivity contribution < 1.29 is 23.9 Å². The van der Waals surface area contributed by atoms with Crippen LogP contribution < -0.4 is 11.1 Å². The summed E-state index contributed by atoms with van der Waals surface area (Å²) in [5.74, 6) is -1.89. The summed E-state index contributed by atoms with van der Waals surface area (Å²) in [7, 11) is 0. The fourth-order valence-electron chi connectivity index (χ4n) is 2.27. The number of halogens is 1. The summed E-state index contributed by atoms with van der Waals surface area (Å²) in [6.45, 7) is 0. The minimum Gasteiger partial charge on any atom is -0.447 e. The van der Waals surface area contributed by atoms with Crippen LogP contribution in [0.4, 0.5) is 4.79 Å². The van der Waals surface area contributed by atoms with Gasteiger partial charge in [-0.15, -0.1) is 0 Å². The first-order valence-electron chi connectivity index (χ1n) is 8.00. The molecule has 27 heavy (non-hydrogen) atoms. The predicted molar refractivity (Wildman–Crippen MR) is 98.0 cm³/mol. The Hall–Kier alpha value is -3.19. The zero-order valence-corrected chi connectivity index (χ0v) is 14.9. The van der Waals surface area contributed by atoms with E-state index in [2.05, 4.69) is 0 Å². The fourth-order valence-corrected chi connectivity index (χ4v) is 2.40. The first-order chi connectivity index (χ1) is 12.9. The lowest BCUT2D eigenvalue weighted by Crippen LogP contribution is -2.39. The molecule has 0 fully saturated rings. The third-order valence-electron chi connectivity index (χ3n) is 3.56. The van der Waals surface area contributed by atoms with Crippen LogP contribution in [-0.2, 0) is 14.3 Å². The first-order valence-corrected chi connectivity index (χ1v) is 8.38. The number of Topliss-reactive ketones (excluding diaryl/α,β-unsaturated/α-hetero) is 1. The molecule has 1 atom stereocenters. The van der Waals surface area contributed by atoms with Crippen molar-refractivity contribution in [3.63, 3.8) is 0 Å². The van der Waals surface area contributed by atoms with E-state index in [-0.39, 0.29) is 18.6 Å². The molecular weight excluding hydrogens is 372 g/mol. The zero-order chi connectivity index (χ0) is 19.8. The molecule has 8 heteroatoms. The third kappa shape index (κ3) is 6.23. The summed E-state index contributed by atoms with van der Waals surface area (Å²) in [6.07, 6.45) is -1.68. The van der Waals surface area contributed by atoms with Crippen LogP contribution in [0.3, 0.4) is 0 Å². The summed E-state index contributed by atoms with van der Waals surface area (Å²) < 4.78 is 5.17. The smallest absolute Gasteiger partial charge is 0.318 e. The molecule has 0 heterocycles. The monoisotopic (exact) mass is 388 g/mol. The van der Waals surface area contributed by atoms with Crippen molar-refractivity contribution in [2.24, 2.45) is 5.73 Å². The number of ketones is 1. The number of primary amides is 1. The number of hydrogen-bond acceptors (Lipinski definition) is 5. The number of imide groups is 1. The molecule has 3 N–H and O–H groups in total. The van der Waals surface area contributed by atoms with Crippen molar-refractivity contribution in [2.75, 3.05) is 0 Å². The van der Waals surface area contributed by atoms with Crippen LogP contribution in [0.25, 0.3) is 0 Å². The normalized spacial score (nSPS) is 11.3. The van der Waals surface area contributed by atoms with Crippen molar-refractivity contribution in [2.45, 2.75) is 18.9 Å². The number of nitrogens with one attached hydrogen (secondary N) is 1. The maximum absolute atomic E-state index is 12.1. The van der Waals surface area contributed by atoms with E-state index in [9.17, 15) is 19.2 Å². The highest BCUT2D eigenvalue weighted by atomic mass is 35.5. The lowest BCUT2D eigenvalue weighted by molar-refractivity contribution is -0.156. The molecule has 0 bridgehead atoms. The van der Waals surface area contributed by atoms with Gasteiger partial charge in [-0.3, -0.25) is 19.7 Å². The number of carbonyl (C=O) groups is 4. The van der Waals surface area contributed by atoms with Crippen molar-refractivity contribution >= 4 is 35.3 Å².